The van der Waals surface area contributed by atoms with E-state index < -0.39 is 29.2 Å². The molecule has 5 aromatic rings. The largest absolute Gasteiger partial charge is 0.459 e. The van der Waals surface area contributed by atoms with Crippen molar-refractivity contribution in [1.29, 1.82) is 0 Å². The third-order valence-electron chi connectivity index (χ3n) is 7.92. The molecule has 0 bridgehead atoms. The van der Waals surface area contributed by atoms with Gasteiger partial charge >= 0.3 is 5.97 Å². The minimum Gasteiger partial charge on any atom is -0.459 e. The zero-order valence-electron chi connectivity index (χ0n) is 25.4. The molecule has 0 spiro atoms. The number of hydrogen-bond acceptors (Lipinski definition) is 11. The maximum absolute atomic E-state index is 15.4. The minimum atomic E-state index is -0.938. The zero-order chi connectivity index (χ0) is 32.2. The molecule has 1 saturated carbocycles. The Labute approximate surface area is 262 Å². The Balaban J connectivity index is 1.32. The van der Waals surface area contributed by atoms with Crippen LogP contribution in [0.2, 0.25) is 0 Å². The molecule has 46 heavy (non-hydrogen) atoms. The number of aromatic nitrogens is 6. The van der Waals surface area contributed by atoms with Gasteiger partial charge in [0, 0.05) is 30.6 Å². The molecule has 2 aliphatic rings. The van der Waals surface area contributed by atoms with Gasteiger partial charge in [-0.2, -0.15) is 20.1 Å². The number of aryl methyl sites for hydroxylation is 1. The summed E-state index contributed by atoms with van der Waals surface area (Å²) in [6.07, 6.45) is 5.99. The minimum absolute atomic E-state index is 0.0277. The Bertz CT molecular complexity index is 2050. The van der Waals surface area contributed by atoms with Gasteiger partial charge in [0.2, 0.25) is 11.9 Å². The summed E-state index contributed by atoms with van der Waals surface area (Å²) in [5.74, 6) is -1.61. The topological polar surface area (TPSA) is 161 Å². The number of benzene rings is 2. The molecule has 7 rings (SSSR count). The molecule has 0 amide bonds. The van der Waals surface area contributed by atoms with Crippen LogP contribution in [0.4, 0.5) is 22.0 Å². The van der Waals surface area contributed by atoms with Gasteiger partial charge in [0.05, 0.1) is 29.6 Å². The maximum atomic E-state index is 15.4. The van der Waals surface area contributed by atoms with Crippen LogP contribution >= 0.6 is 0 Å². The molecule has 1 aliphatic carbocycles. The molecule has 1 atom stereocenters. The predicted octanol–water partition coefficient (Wildman–Crippen LogP) is 4.11. The number of ether oxygens (including phenoxy) is 3. The van der Waals surface area contributed by atoms with Gasteiger partial charge in [-0.15, -0.1) is 0 Å². The van der Waals surface area contributed by atoms with Crippen LogP contribution in [0.5, 0.6) is 0 Å². The number of nitrogen functional groups attached to an aromatic ring is 1. The quantitative estimate of drug-likeness (QED) is 0.239. The lowest BCUT2D eigenvalue weighted by Crippen LogP contribution is -2.28. The van der Waals surface area contributed by atoms with Crippen LogP contribution in [-0.4, -0.2) is 53.8 Å². The van der Waals surface area contributed by atoms with Crippen LogP contribution in [0.3, 0.4) is 0 Å². The van der Waals surface area contributed by atoms with Crippen molar-refractivity contribution in [2.75, 3.05) is 17.7 Å². The second-order valence-corrected chi connectivity index (χ2v) is 11.8. The lowest BCUT2D eigenvalue weighted by Gasteiger charge is -2.19. The molecular formula is C32H31FN8O5. The lowest BCUT2D eigenvalue weighted by molar-refractivity contribution is -0.170. The highest BCUT2D eigenvalue weighted by Crippen LogP contribution is 2.41. The number of anilines is 3. The van der Waals surface area contributed by atoms with E-state index in [-0.39, 0.29) is 36.3 Å². The number of nitrogens with zero attached hydrogens (tertiary/aromatic N) is 6. The predicted molar refractivity (Wildman–Crippen MR) is 166 cm³/mol. The molecule has 3 aromatic heterocycles. The van der Waals surface area contributed by atoms with E-state index in [1.165, 1.54) is 10.6 Å². The molecule has 1 aliphatic heterocycles. The van der Waals surface area contributed by atoms with E-state index in [1.54, 1.807) is 68.4 Å². The van der Waals surface area contributed by atoms with Crippen molar-refractivity contribution in [1.82, 2.24) is 29.3 Å². The smallest absolute Gasteiger partial charge is 0.338 e. The Kier molecular flexibility index (Phi) is 7.25. The normalized spacial score (nSPS) is 17.3. The summed E-state index contributed by atoms with van der Waals surface area (Å²) < 4.78 is 35.3. The first-order chi connectivity index (χ1) is 22.0. The summed E-state index contributed by atoms with van der Waals surface area (Å²) in [5.41, 5.74) is 8.17. The number of halogens is 1. The fourth-order valence-corrected chi connectivity index (χ4v) is 5.58. The van der Waals surface area contributed by atoms with Gasteiger partial charge in [0.25, 0.3) is 5.56 Å². The van der Waals surface area contributed by atoms with E-state index in [0.717, 1.165) is 18.4 Å². The van der Waals surface area contributed by atoms with E-state index in [2.05, 4.69) is 25.4 Å². The molecule has 4 heterocycles. The highest BCUT2D eigenvalue weighted by Gasteiger charge is 2.38. The summed E-state index contributed by atoms with van der Waals surface area (Å²) in [4.78, 5) is 40.1. The average Bonchev–Trinajstić information content (AvgIpc) is 3.69. The maximum Gasteiger partial charge on any atom is 0.338 e. The van der Waals surface area contributed by atoms with Crippen LogP contribution in [0.25, 0.3) is 27.8 Å². The monoisotopic (exact) mass is 626 g/mol. The van der Waals surface area contributed by atoms with Gasteiger partial charge in [0.1, 0.15) is 12.4 Å². The van der Waals surface area contributed by atoms with E-state index >= 15 is 4.39 Å². The van der Waals surface area contributed by atoms with Crippen LogP contribution in [-0.2, 0) is 32.7 Å². The number of esters is 1. The van der Waals surface area contributed by atoms with E-state index in [0.29, 0.717) is 33.8 Å². The van der Waals surface area contributed by atoms with Gasteiger partial charge in [-0.1, -0.05) is 18.2 Å². The van der Waals surface area contributed by atoms with Crippen molar-refractivity contribution in [3.05, 3.63) is 82.3 Å². The molecule has 14 heteroatoms. The fourth-order valence-electron chi connectivity index (χ4n) is 5.58. The third kappa shape index (κ3) is 5.79. The molecule has 2 fully saturated rings. The van der Waals surface area contributed by atoms with Crippen molar-refractivity contribution in [2.24, 2.45) is 7.05 Å². The second-order valence-electron chi connectivity index (χ2n) is 11.8. The van der Waals surface area contributed by atoms with Crippen molar-refractivity contribution < 1.29 is 23.4 Å². The standard InChI is InChI=1S/C32H31FN8O5/c1-32(2)45-16-25(46-32)29(43)44-15-22-21(27-37-30(34)39-31(38-27)36-20-13-35-40(3)14-20)5-4-6-24(22)41-10-9-18-11-19(17-7-8-17)12-23(33)26(18)28(41)42/h4-6,9-14,17,25H,7-8,15-16H2,1-3H3,(H3,34,36,37,38,39)/t25-/m0/s1. The number of nitrogens with one attached hydrogen (secondary N) is 1. The van der Waals surface area contributed by atoms with Gasteiger partial charge in [-0.3, -0.25) is 14.0 Å². The zero-order valence-corrected chi connectivity index (χ0v) is 25.4. The van der Waals surface area contributed by atoms with Crippen molar-refractivity contribution in [2.45, 2.75) is 51.1 Å². The van der Waals surface area contributed by atoms with Gasteiger partial charge in [-0.05, 0) is 61.8 Å². The summed E-state index contributed by atoms with van der Waals surface area (Å²) in [6, 6.07) is 10.1. The Hall–Kier alpha value is -5.21. The van der Waals surface area contributed by atoms with Gasteiger partial charge < -0.3 is 25.3 Å². The number of nitrogens with two attached hydrogens (primary N) is 1. The number of pyridine rings is 1. The number of hydrogen-bond donors (Lipinski definition) is 2. The van der Waals surface area contributed by atoms with Gasteiger partial charge in [-0.25, -0.2) is 9.18 Å². The summed E-state index contributed by atoms with van der Waals surface area (Å²) >= 11 is 0. The average molecular weight is 627 g/mol. The first-order valence-electron chi connectivity index (χ1n) is 14.8. The molecule has 2 aromatic carbocycles. The Morgan fingerprint density at radius 1 is 1.20 bits per heavy atom. The molecule has 13 nitrogen and oxygen atoms in total. The Morgan fingerprint density at radius 2 is 2.02 bits per heavy atom. The van der Waals surface area contributed by atoms with Crippen molar-refractivity contribution in [3.63, 3.8) is 0 Å². The van der Waals surface area contributed by atoms with E-state index in [9.17, 15) is 9.59 Å². The van der Waals surface area contributed by atoms with Crippen molar-refractivity contribution in [3.8, 4) is 17.1 Å². The van der Waals surface area contributed by atoms with Crippen LogP contribution in [0.1, 0.15) is 43.7 Å². The highest BCUT2D eigenvalue weighted by molar-refractivity contribution is 5.84. The molecule has 3 N–H and O–H groups in total. The SMILES string of the molecule is Cn1cc(Nc2nc(N)nc(-c3cccc(-n4ccc5cc(C6CC6)cc(F)c5c4=O)c3COC(=O)[C@@H]3COC(C)(C)O3)n2)cn1. The summed E-state index contributed by atoms with van der Waals surface area (Å²) in [7, 11) is 1.77. The van der Waals surface area contributed by atoms with Crippen LogP contribution in [0.15, 0.2) is 59.8 Å². The summed E-state index contributed by atoms with van der Waals surface area (Å²) in [5, 5.41) is 7.67. The summed E-state index contributed by atoms with van der Waals surface area (Å²) in [6.45, 7) is 3.14. The van der Waals surface area contributed by atoms with Crippen molar-refractivity contribution >= 4 is 34.3 Å². The van der Waals surface area contributed by atoms with E-state index in [1.807, 2.05) is 6.07 Å². The Morgan fingerprint density at radius 3 is 2.74 bits per heavy atom. The first kappa shape index (κ1) is 29.5. The first-order valence-corrected chi connectivity index (χ1v) is 14.8. The third-order valence-corrected chi connectivity index (χ3v) is 7.92. The molecular weight excluding hydrogens is 595 g/mol. The van der Waals surface area contributed by atoms with E-state index in [4.69, 9.17) is 19.9 Å². The molecule has 1 saturated heterocycles. The van der Waals surface area contributed by atoms with Gasteiger partial charge in [0.15, 0.2) is 17.7 Å². The number of carbonyl (C=O) groups is 1. The fraction of sp³-hybridized carbons (Fsp3) is 0.312. The molecule has 0 unspecified atom stereocenters. The number of fused-ring (bicyclic) bond motifs is 1. The van der Waals surface area contributed by atoms with Crippen LogP contribution < -0.4 is 16.6 Å². The molecule has 0 radical (unpaired) electrons. The number of rotatable bonds is 8. The number of carbonyl (C=O) groups excluding carboxylic acids is 1. The second kappa shape index (κ2) is 11.3. The molecule has 236 valence electrons. The lowest BCUT2D eigenvalue weighted by atomic mass is 10.0. The highest BCUT2D eigenvalue weighted by atomic mass is 19.1. The van der Waals surface area contributed by atoms with Crippen LogP contribution in [0, 0.1) is 5.82 Å².